The van der Waals surface area contributed by atoms with Crippen LogP contribution >= 0.6 is 0 Å². The second kappa shape index (κ2) is 5.66. The molecule has 1 amide bonds. The van der Waals surface area contributed by atoms with Crippen LogP contribution < -0.4 is 5.32 Å². The van der Waals surface area contributed by atoms with E-state index in [0.717, 1.165) is 16.5 Å². The van der Waals surface area contributed by atoms with Gasteiger partial charge in [0.25, 0.3) is 0 Å². The molecule has 0 radical (unpaired) electrons. The van der Waals surface area contributed by atoms with Gasteiger partial charge >= 0.3 is 6.09 Å². The molecule has 0 fully saturated rings. The van der Waals surface area contributed by atoms with E-state index in [2.05, 4.69) is 27.4 Å². The molecule has 0 spiro atoms. The van der Waals surface area contributed by atoms with E-state index in [4.69, 9.17) is 4.74 Å². The summed E-state index contributed by atoms with van der Waals surface area (Å²) in [7, 11) is 0. The zero-order valence-corrected chi connectivity index (χ0v) is 11.8. The van der Waals surface area contributed by atoms with Crippen molar-refractivity contribution in [3.63, 3.8) is 0 Å². The summed E-state index contributed by atoms with van der Waals surface area (Å²) in [5, 5.41) is 10.5. The van der Waals surface area contributed by atoms with Crippen LogP contribution in [-0.2, 0) is 4.74 Å². The number of aromatic nitrogens is 2. The third-order valence-electron chi connectivity index (χ3n) is 2.39. The van der Waals surface area contributed by atoms with Crippen molar-refractivity contribution in [1.29, 1.82) is 0 Å². The summed E-state index contributed by atoms with van der Waals surface area (Å²) in [4.78, 5) is 11.4. The molecule has 0 saturated carbocycles. The fourth-order valence-corrected chi connectivity index (χ4v) is 1.59. The van der Waals surface area contributed by atoms with Crippen molar-refractivity contribution in [2.24, 2.45) is 0 Å². The number of nitrogens with one attached hydrogen (secondary N) is 2. The second-order valence-corrected chi connectivity index (χ2v) is 5.33. The first-order chi connectivity index (χ1) is 9.44. The minimum absolute atomic E-state index is 0.246. The van der Waals surface area contributed by atoms with Crippen LogP contribution in [0.2, 0.25) is 0 Å². The average Bonchev–Trinajstić information content (AvgIpc) is 2.79. The standard InChI is InChI=1S/C15H17N3O2/c1-15(2,3)20-14(19)16-8-4-5-11-6-7-12-10-17-18-13(12)9-11/h6-7,9-10H,8H2,1-3H3,(H,16,19)(H,17,18). The maximum absolute atomic E-state index is 11.4. The monoisotopic (exact) mass is 271 g/mol. The molecule has 2 N–H and O–H groups in total. The number of carbonyl (C=O) groups is 1. The molecule has 0 unspecified atom stereocenters. The first kappa shape index (κ1) is 13.9. The Morgan fingerprint density at radius 1 is 1.45 bits per heavy atom. The van der Waals surface area contributed by atoms with Crippen molar-refractivity contribution in [3.8, 4) is 11.8 Å². The third-order valence-corrected chi connectivity index (χ3v) is 2.39. The van der Waals surface area contributed by atoms with Gasteiger partial charge in [0.2, 0.25) is 0 Å². The van der Waals surface area contributed by atoms with Crippen molar-refractivity contribution in [2.75, 3.05) is 6.54 Å². The fraction of sp³-hybridized carbons (Fsp3) is 0.333. The van der Waals surface area contributed by atoms with E-state index >= 15 is 0 Å². The number of nitrogens with zero attached hydrogens (tertiary/aromatic N) is 1. The number of hydrogen-bond donors (Lipinski definition) is 2. The quantitative estimate of drug-likeness (QED) is 0.783. The minimum atomic E-state index is -0.497. The first-order valence-electron chi connectivity index (χ1n) is 6.33. The molecule has 2 aromatic rings. The first-order valence-corrected chi connectivity index (χ1v) is 6.33. The molecule has 0 bridgehead atoms. The molecule has 0 saturated heterocycles. The minimum Gasteiger partial charge on any atom is -0.444 e. The molecule has 2 rings (SSSR count). The van der Waals surface area contributed by atoms with Crippen molar-refractivity contribution >= 4 is 17.0 Å². The Hall–Kier alpha value is -2.48. The molecular weight excluding hydrogens is 254 g/mol. The van der Waals surface area contributed by atoms with Crippen molar-refractivity contribution in [1.82, 2.24) is 15.5 Å². The smallest absolute Gasteiger partial charge is 0.408 e. The number of ether oxygens (including phenoxy) is 1. The van der Waals surface area contributed by atoms with E-state index in [0.29, 0.717) is 0 Å². The number of aromatic amines is 1. The molecule has 104 valence electrons. The van der Waals surface area contributed by atoms with Crippen LogP contribution in [-0.4, -0.2) is 28.4 Å². The summed E-state index contributed by atoms with van der Waals surface area (Å²) in [6.07, 6.45) is 1.30. The number of benzene rings is 1. The molecule has 0 aliphatic rings. The van der Waals surface area contributed by atoms with Crippen LogP contribution in [0.1, 0.15) is 26.3 Å². The van der Waals surface area contributed by atoms with Crippen molar-refractivity contribution in [2.45, 2.75) is 26.4 Å². The highest BCUT2D eigenvalue weighted by Crippen LogP contribution is 2.11. The molecule has 0 aliphatic carbocycles. The number of fused-ring (bicyclic) bond motifs is 1. The zero-order chi connectivity index (χ0) is 14.6. The van der Waals surface area contributed by atoms with Crippen LogP contribution in [0, 0.1) is 11.8 Å². The van der Waals surface area contributed by atoms with Gasteiger partial charge in [-0.3, -0.25) is 5.10 Å². The Balaban J connectivity index is 1.89. The highest BCUT2D eigenvalue weighted by molar-refractivity contribution is 5.79. The van der Waals surface area contributed by atoms with Gasteiger partial charge in [-0.25, -0.2) is 4.79 Å². The number of alkyl carbamates (subject to hydrolysis) is 1. The molecule has 1 aromatic carbocycles. The lowest BCUT2D eigenvalue weighted by atomic mass is 10.2. The van der Waals surface area contributed by atoms with Crippen molar-refractivity contribution < 1.29 is 9.53 Å². The van der Waals surface area contributed by atoms with Crippen LogP contribution in [0.5, 0.6) is 0 Å². The molecule has 5 heteroatoms. The predicted molar refractivity (Wildman–Crippen MR) is 77.2 cm³/mol. The second-order valence-electron chi connectivity index (χ2n) is 5.33. The lowest BCUT2D eigenvalue weighted by molar-refractivity contribution is 0.0535. The largest absolute Gasteiger partial charge is 0.444 e. The lowest BCUT2D eigenvalue weighted by Gasteiger charge is -2.18. The molecular formula is C15H17N3O2. The van der Waals surface area contributed by atoms with Crippen LogP contribution in [0.15, 0.2) is 24.4 Å². The van der Waals surface area contributed by atoms with Crippen LogP contribution in [0.4, 0.5) is 4.79 Å². The van der Waals surface area contributed by atoms with E-state index < -0.39 is 11.7 Å². The SMILES string of the molecule is CC(C)(C)OC(=O)NCC#Cc1ccc2cn[nH]c2c1. The number of rotatable bonds is 1. The Morgan fingerprint density at radius 2 is 2.25 bits per heavy atom. The Labute approximate surface area is 117 Å². The van der Waals surface area contributed by atoms with E-state index in [1.165, 1.54) is 0 Å². The van der Waals surface area contributed by atoms with Gasteiger partial charge in [0.15, 0.2) is 0 Å². The van der Waals surface area contributed by atoms with Gasteiger partial charge in [0.05, 0.1) is 18.3 Å². The highest BCUT2D eigenvalue weighted by atomic mass is 16.6. The predicted octanol–water partition coefficient (Wildman–Crippen LogP) is 2.44. The van der Waals surface area contributed by atoms with Gasteiger partial charge in [-0.2, -0.15) is 5.10 Å². The topological polar surface area (TPSA) is 67.0 Å². The Morgan fingerprint density at radius 3 is 3.00 bits per heavy atom. The van der Waals surface area contributed by atoms with E-state index in [9.17, 15) is 4.79 Å². The zero-order valence-electron chi connectivity index (χ0n) is 11.8. The normalized spacial score (nSPS) is 10.8. The van der Waals surface area contributed by atoms with Gasteiger partial charge in [-0.1, -0.05) is 11.8 Å². The van der Waals surface area contributed by atoms with E-state index in [1.807, 2.05) is 39.0 Å². The summed E-state index contributed by atoms with van der Waals surface area (Å²) in [5.41, 5.74) is 1.31. The molecule has 5 nitrogen and oxygen atoms in total. The number of H-pyrrole nitrogens is 1. The maximum atomic E-state index is 11.4. The molecule has 1 heterocycles. The van der Waals surface area contributed by atoms with Gasteiger partial charge in [-0.05, 0) is 39.0 Å². The summed E-state index contributed by atoms with van der Waals surface area (Å²) in [6, 6.07) is 5.78. The average molecular weight is 271 g/mol. The van der Waals surface area contributed by atoms with E-state index in [-0.39, 0.29) is 6.54 Å². The van der Waals surface area contributed by atoms with Gasteiger partial charge in [-0.15, -0.1) is 0 Å². The van der Waals surface area contributed by atoms with Gasteiger partial charge in [0, 0.05) is 10.9 Å². The molecule has 1 aromatic heterocycles. The maximum Gasteiger partial charge on any atom is 0.408 e. The number of hydrogen-bond acceptors (Lipinski definition) is 3. The summed E-state index contributed by atoms with van der Waals surface area (Å²) in [5.74, 6) is 5.86. The van der Waals surface area contributed by atoms with Crippen LogP contribution in [0.3, 0.4) is 0 Å². The molecule has 0 atom stereocenters. The summed E-state index contributed by atoms with van der Waals surface area (Å²) >= 11 is 0. The van der Waals surface area contributed by atoms with Gasteiger partial charge in [0.1, 0.15) is 5.60 Å². The summed E-state index contributed by atoms with van der Waals surface area (Å²) < 4.78 is 5.11. The molecule has 20 heavy (non-hydrogen) atoms. The molecule has 0 aliphatic heterocycles. The Bertz CT molecular complexity index is 671. The van der Waals surface area contributed by atoms with Gasteiger partial charge < -0.3 is 10.1 Å². The summed E-state index contributed by atoms with van der Waals surface area (Å²) in [6.45, 7) is 5.70. The third kappa shape index (κ3) is 4.02. The van der Waals surface area contributed by atoms with Crippen molar-refractivity contribution in [3.05, 3.63) is 30.0 Å². The van der Waals surface area contributed by atoms with E-state index in [1.54, 1.807) is 6.20 Å². The highest BCUT2D eigenvalue weighted by Gasteiger charge is 2.14. The number of carbonyl (C=O) groups excluding carboxylic acids is 1. The Kier molecular flexibility index (Phi) is 3.94. The lowest BCUT2D eigenvalue weighted by Crippen LogP contribution is -2.32. The fourth-order valence-electron chi connectivity index (χ4n) is 1.59. The van der Waals surface area contributed by atoms with Crippen LogP contribution in [0.25, 0.3) is 10.9 Å². The number of amides is 1.